The Morgan fingerprint density at radius 1 is 1.30 bits per heavy atom. The number of halogens is 1. The minimum atomic E-state index is -0.475. The van der Waals surface area contributed by atoms with Crippen molar-refractivity contribution in [2.24, 2.45) is 0 Å². The molecule has 5 nitrogen and oxygen atoms in total. The van der Waals surface area contributed by atoms with Gasteiger partial charge in [0, 0.05) is 22.7 Å². The third-order valence-electron chi connectivity index (χ3n) is 2.68. The van der Waals surface area contributed by atoms with Gasteiger partial charge >= 0.3 is 0 Å². The molecule has 1 aromatic heterocycles. The van der Waals surface area contributed by atoms with Crippen LogP contribution in [0.15, 0.2) is 41.8 Å². The van der Waals surface area contributed by atoms with Crippen LogP contribution in [0.4, 0.5) is 11.4 Å². The number of amides is 1. The number of thiophene rings is 1. The van der Waals surface area contributed by atoms with Gasteiger partial charge in [-0.05, 0) is 23.6 Å². The van der Waals surface area contributed by atoms with Crippen molar-refractivity contribution in [1.82, 2.24) is 0 Å². The molecule has 0 bridgehead atoms. The largest absolute Gasteiger partial charge is 0.306 e. The molecule has 7 heteroatoms. The SMILES string of the molecule is O=C(CCl)N(Cc1cccs1)c1ccc([N+](=O)[O-])cc1. The lowest BCUT2D eigenvalue weighted by molar-refractivity contribution is -0.384. The van der Waals surface area contributed by atoms with Gasteiger partial charge < -0.3 is 4.90 Å². The number of hydrogen-bond donors (Lipinski definition) is 0. The normalized spacial score (nSPS) is 10.2. The van der Waals surface area contributed by atoms with E-state index in [-0.39, 0.29) is 17.5 Å². The zero-order valence-corrected chi connectivity index (χ0v) is 11.9. The van der Waals surface area contributed by atoms with Gasteiger partial charge in [0.2, 0.25) is 5.91 Å². The second-order valence-electron chi connectivity index (χ2n) is 3.97. The van der Waals surface area contributed by atoms with Gasteiger partial charge in [-0.3, -0.25) is 14.9 Å². The average molecular weight is 311 g/mol. The predicted molar refractivity (Wildman–Crippen MR) is 79.3 cm³/mol. The first-order valence-corrected chi connectivity index (χ1v) is 7.16. The summed E-state index contributed by atoms with van der Waals surface area (Å²) in [6.07, 6.45) is 0. The van der Waals surface area contributed by atoms with Crippen molar-refractivity contribution in [1.29, 1.82) is 0 Å². The molecule has 1 amide bonds. The molecule has 0 aliphatic heterocycles. The molecular formula is C13H11ClN2O3S. The Morgan fingerprint density at radius 2 is 2.00 bits per heavy atom. The van der Waals surface area contributed by atoms with Gasteiger partial charge in [0.05, 0.1) is 11.5 Å². The van der Waals surface area contributed by atoms with E-state index in [1.807, 2.05) is 17.5 Å². The van der Waals surface area contributed by atoms with E-state index in [9.17, 15) is 14.9 Å². The lowest BCUT2D eigenvalue weighted by Crippen LogP contribution is -2.30. The van der Waals surface area contributed by atoms with Crippen molar-refractivity contribution in [3.63, 3.8) is 0 Å². The number of carbonyl (C=O) groups excluding carboxylic acids is 1. The molecule has 1 aromatic carbocycles. The van der Waals surface area contributed by atoms with E-state index < -0.39 is 4.92 Å². The number of alkyl halides is 1. The fourth-order valence-electron chi connectivity index (χ4n) is 1.71. The number of carbonyl (C=O) groups is 1. The average Bonchev–Trinajstić information content (AvgIpc) is 2.97. The summed E-state index contributed by atoms with van der Waals surface area (Å²) in [6, 6.07) is 9.67. The summed E-state index contributed by atoms with van der Waals surface area (Å²) in [7, 11) is 0. The van der Waals surface area contributed by atoms with E-state index in [1.165, 1.54) is 28.4 Å². The molecule has 0 aliphatic carbocycles. The van der Waals surface area contributed by atoms with E-state index in [2.05, 4.69) is 0 Å². The Kier molecular flexibility index (Phi) is 4.70. The third-order valence-corrected chi connectivity index (χ3v) is 3.77. The fourth-order valence-corrected chi connectivity index (χ4v) is 2.55. The van der Waals surface area contributed by atoms with E-state index in [0.717, 1.165) is 4.88 Å². The van der Waals surface area contributed by atoms with Crippen LogP contribution >= 0.6 is 22.9 Å². The topological polar surface area (TPSA) is 63.5 Å². The van der Waals surface area contributed by atoms with E-state index in [0.29, 0.717) is 12.2 Å². The minimum absolute atomic E-state index is 0.0110. The van der Waals surface area contributed by atoms with Crippen LogP contribution in [-0.2, 0) is 11.3 Å². The fraction of sp³-hybridized carbons (Fsp3) is 0.154. The second kappa shape index (κ2) is 6.49. The van der Waals surface area contributed by atoms with E-state index >= 15 is 0 Å². The molecule has 0 saturated heterocycles. The lowest BCUT2D eigenvalue weighted by atomic mass is 10.2. The Balaban J connectivity index is 2.26. The number of non-ortho nitro benzene ring substituents is 1. The zero-order chi connectivity index (χ0) is 14.5. The number of nitrogens with zero attached hydrogens (tertiary/aromatic N) is 2. The highest BCUT2D eigenvalue weighted by atomic mass is 35.5. The van der Waals surface area contributed by atoms with Crippen LogP contribution in [0.5, 0.6) is 0 Å². The molecule has 2 aromatic rings. The molecule has 104 valence electrons. The standard InChI is InChI=1S/C13H11ClN2O3S/c14-8-13(17)15(9-12-2-1-7-20-12)10-3-5-11(6-4-10)16(18)19/h1-7H,8-9H2. The monoisotopic (exact) mass is 310 g/mol. The molecule has 2 rings (SSSR count). The minimum Gasteiger partial charge on any atom is -0.306 e. The summed E-state index contributed by atoms with van der Waals surface area (Å²) < 4.78 is 0. The third kappa shape index (κ3) is 3.34. The van der Waals surface area contributed by atoms with Crippen LogP contribution in [0.25, 0.3) is 0 Å². The first-order chi connectivity index (χ1) is 9.61. The molecule has 0 fully saturated rings. The van der Waals surface area contributed by atoms with Crippen LogP contribution in [0.3, 0.4) is 0 Å². The van der Waals surface area contributed by atoms with Gasteiger partial charge in [-0.2, -0.15) is 0 Å². The highest BCUT2D eigenvalue weighted by Crippen LogP contribution is 2.23. The molecule has 0 spiro atoms. The molecular weight excluding hydrogens is 300 g/mol. The summed E-state index contributed by atoms with van der Waals surface area (Å²) in [5, 5.41) is 12.6. The van der Waals surface area contributed by atoms with Crippen molar-refractivity contribution in [2.45, 2.75) is 6.54 Å². The molecule has 0 saturated carbocycles. The lowest BCUT2D eigenvalue weighted by Gasteiger charge is -2.21. The number of nitro groups is 1. The Labute approximate surface area is 124 Å². The van der Waals surface area contributed by atoms with E-state index in [4.69, 9.17) is 11.6 Å². The Morgan fingerprint density at radius 3 is 2.50 bits per heavy atom. The van der Waals surface area contributed by atoms with Crippen molar-refractivity contribution in [3.8, 4) is 0 Å². The van der Waals surface area contributed by atoms with Crippen LogP contribution < -0.4 is 4.90 Å². The first-order valence-electron chi connectivity index (χ1n) is 5.75. The molecule has 0 N–H and O–H groups in total. The zero-order valence-electron chi connectivity index (χ0n) is 10.4. The number of hydrogen-bond acceptors (Lipinski definition) is 4. The number of nitro benzene ring substituents is 1. The summed E-state index contributed by atoms with van der Waals surface area (Å²) >= 11 is 7.16. The van der Waals surface area contributed by atoms with E-state index in [1.54, 1.807) is 12.1 Å². The maximum absolute atomic E-state index is 11.9. The van der Waals surface area contributed by atoms with Crippen LogP contribution in [0.1, 0.15) is 4.88 Å². The number of anilines is 1. The highest BCUT2D eigenvalue weighted by Gasteiger charge is 2.16. The molecule has 0 aliphatic rings. The smallest absolute Gasteiger partial charge is 0.269 e. The van der Waals surface area contributed by atoms with Gasteiger partial charge in [-0.15, -0.1) is 22.9 Å². The van der Waals surface area contributed by atoms with Crippen LogP contribution in [-0.4, -0.2) is 16.7 Å². The van der Waals surface area contributed by atoms with Crippen molar-refractivity contribution < 1.29 is 9.72 Å². The van der Waals surface area contributed by atoms with Gasteiger partial charge in [-0.25, -0.2) is 0 Å². The van der Waals surface area contributed by atoms with Crippen LogP contribution in [0, 0.1) is 10.1 Å². The van der Waals surface area contributed by atoms with Gasteiger partial charge in [0.1, 0.15) is 5.88 Å². The van der Waals surface area contributed by atoms with Gasteiger partial charge in [0.15, 0.2) is 0 Å². The maximum atomic E-state index is 11.9. The molecule has 1 heterocycles. The number of benzene rings is 1. The van der Waals surface area contributed by atoms with Crippen LogP contribution in [0.2, 0.25) is 0 Å². The number of rotatable bonds is 5. The summed E-state index contributed by atoms with van der Waals surface area (Å²) in [5.74, 6) is -0.378. The Bertz CT molecular complexity index is 599. The van der Waals surface area contributed by atoms with Crippen molar-refractivity contribution in [2.75, 3.05) is 10.8 Å². The maximum Gasteiger partial charge on any atom is 0.269 e. The Hall–Kier alpha value is -1.92. The molecule has 0 atom stereocenters. The first kappa shape index (κ1) is 14.5. The van der Waals surface area contributed by atoms with Gasteiger partial charge in [-0.1, -0.05) is 6.07 Å². The summed E-state index contributed by atoms with van der Waals surface area (Å²) in [4.78, 5) is 24.6. The summed E-state index contributed by atoms with van der Waals surface area (Å²) in [5.41, 5.74) is 0.581. The van der Waals surface area contributed by atoms with Crippen molar-refractivity contribution >= 4 is 40.2 Å². The summed E-state index contributed by atoms with van der Waals surface area (Å²) in [6.45, 7) is 0.404. The molecule has 0 unspecified atom stereocenters. The quantitative estimate of drug-likeness (QED) is 0.483. The van der Waals surface area contributed by atoms with Crippen molar-refractivity contribution in [3.05, 3.63) is 56.8 Å². The second-order valence-corrected chi connectivity index (χ2v) is 5.27. The molecule has 0 radical (unpaired) electrons. The predicted octanol–water partition coefficient (Wildman–Crippen LogP) is 3.43. The molecule has 20 heavy (non-hydrogen) atoms. The highest BCUT2D eigenvalue weighted by molar-refractivity contribution is 7.09. The van der Waals surface area contributed by atoms with Gasteiger partial charge in [0.25, 0.3) is 5.69 Å².